The van der Waals surface area contributed by atoms with Gasteiger partial charge in [-0.25, -0.2) is 4.98 Å². The molecule has 0 fully saturated rings. The summed E-state index contributed by atoms with van der Waals surface area (Å²) in [6.07, 6.45) is 0.620. The largest absolute Gasteiger partial charge is 0.328 e. The minimum atomic E-state index is 0.0310. The van der Waals surface area contributed by atoms with Gasteiger partial charge in [0.05, 0.1) is 10.5 Å². The van der Waals surface area contributed by atoms with Crippen LogP contribution in [0.15, 0.2) is 18.2 Å². The zero-order chi connectivity index (χ0) is 10.8. The number of rotatable bonds is 2. The minimum Gasteiger partial charge on any atom is -0.328 e. The SMILES string of the molecule is CC(N)Cc1nnc2c(Cl)cccc2n1. The van der Waals surface area contributed by atoms with E-state index in [1.165, 1.54) is 0 Å². The molecule has 1 aromatic heterocycles. The van der Waals surface area contributed by atoms with Crippen molar-refractivity contribution in [2.45, 2.75) is 19.4 Å². The molecule has 2 aromatic rings. The van der Waals surface area contributed by atoms with E-state index in [1.807, 2.05) is 19.1 Å². The van der Waals surface area contributed by atoms with Gasteiger partial charge in [-0.3, -0.25) is 0 Å². The first-order valence-electron chi connectivity index (χ1n) is 4.70. The van der Waals surface area contributed by atoms with E-state index in [2.05, 4.69) is 15.2 Å². The molecule has 15 heavy (non-hydrogen) atoms. The standard InChI is InChI=1S/C10H11ClN4/c1-6(12)5-9-13-8-4-2-3-7(11)10(8)15-14-9/h2-4,6H,5,12H2,1H3. The predicted molar refractivity (Wildman–Crippen MR) is 59.7 cm³/mol. The molecule has 0 aliphatic carbocycles. The van der Waals surface area contributed by atoms with Crippen LogP contribution in [0, 0.1) is 0 Å². The Morgan fingerprint density at radius 1 is 1.40 bits per heavy atom. The van der Waals surface area contributed by atoms with Gasteiger partial charge < -0.3 is 5.73 Å². The molecule has 4 nitrogen and oxygen atoms in total. The highest BCUT2D eigenvalue weighted by atomic mass is 35.5. The summed E-state index contributed by atoms with van der Waals surface area (Å²) in [4.78, 5) is 4.34. The molecule has 5 heteroatoms. The number of halogens is 1. The van der Waals surface area contributed by atoms with Gasteiger partial charge in [-0.15, -0.1) is 10.2 Å². The van der Waals surface area contributed by atoms with Crippen LogP contribution >= 0.6 is 11.6 Å². The van der Waals surface area contributed by atoms with E-state index in [0.29, 0.717) is 22.8 Å². The summed E-state index contributed by atoms with van der Waals surface area (Å²) >= 11 is 5.95. The third kappa shape index (κ3) is 2.22. The Bertz CT molecular complexity index is 484. The second kappa shape index (κ2) is 4.08. The van der Waals surface area contributed by atoms with Crippen molar-refractivity contribution < 1.29 is 0 Å². The highest BCUT2D eigenvalue weighted by molar-refractivity contribution is 6.34. The van der Waals surface area contributed by atoms with Crippen molar-refractivity contribution in [3.05, 3.63) is 29.0 Å². The highest BCUT2D eigenvalue weighted by Crippen LogP contribution is 2.18. The molecule has 2 N–H and O–H groups in total. The van der Waals surface area contributed by atoms with Crippen molar-refractivity contribution >= 4 is 22.6 Å². The molecule has 78 valence electrons. The van der Waals surface area contributed by atoms with Gasteiger partial charge in [0.25, 0.3) is 0 Å². The molecule has 0 radical (unpaired) electrons. The highest BCUT2D eigenvalue weighted by Gasteiger charge is 2.06. The average Bonchev–Trinajstić information content (AvgIpc) is 2.17. The van der Waals surface area contributed by atoms with Crippen molar-refractivity contribution in [2.24, 2.45) is 5.73 Å². The summed E-state index contributed by atoms with van der Waals surface area (Å²) < 4.78 is 0. The summed E-state index contributed by atoms with van der Waals surface area (Å²) in [5, 5.41) is 8.59. The fourth-order valence-electron chi connectivity index (χ4n) is 1.34. The quantitative estimate of drug-likeness (QED) is 0.838. The van der Waals surface area contributed by atoms with Crippen molar-refractivity contribution in [2.75, 3.05) is 0 Å². The summed E-state index contributed by atoms with van der Waals surface area (Å²) in [6, 6.07) is 5.50. The lowest BCUT2D eigenvalue weighted by Gasteiger charge is -2.04. The molecule has 0 saturated carbocycles. The number of hydrogen-bond acceptors (Lipinski definition) is 4. The zero-order valence-corrected chi connectivity index (χ0v) is 9.07. The van der Waals surface area contributed by atoms with Crippen LogP contribution in [0.2, 0.25) is 5.02 Å². The van der Waals surface area contributed by atoms with Crippen LogP contribution in [-0.2, 0) is 6.42 Å². The van der Waals surface area contributed by atoms with Crippen LogP contribution in [0.5, 0.6) is 0 Å². The van der Waals surface area contributed by atoms with Gasteiger partial charge in [-0.2, -0.15) is 0 Å². The first kappa shape index (κ1) is 10.3. The van der Waals surface area contributed by atoms with Crippen molar-refractivity contribution in [3.63, 3.8) is 0 Å². The first-order valence-corrected chi connectivity index (χ1v) is 5.08. The van der Waals surface area contributed by atoms with Crippen LogP contribution in [0.4, 0.5) is 0 Å². The van der Waals surface area contributed by atoms with Gasteiger partial charge in [0.15, 0.2) is 5.82 Å². The lowest BCUT2D eigenvalue weighted by atomic mass is 10.2. The molecule has 1 aromatic carbocycles. The van der Waals surface area contributed by atoms with Crippen LogP contribution in [0.3, 0.4) is 0 Å². The molecule has 0 amide bonds. The molecule has 0 aliphatic heterocycles. The van der Waals surface area contributed by atoms with Gasteiger partial charge in [-0.1, -0.05) is 17.7 Å². The molecule has 0 bridgehead atoms. The lowest BCUT2D eigenvalue weighted by molar-refractivity contribution is 0.692. The topological polar surface area (TPSA) is 64.7 Å². The fourth-order valence-corrected chi connectivity index (χ4v) is 1.54. The van der Waals surface area contributed by atoms with Crippen molar-refractivity contribution in [1.82, 2.24) is 15.2 Å². The Balaban J connectivity index is 2.48. The van der Waals surface area contributed by atoms with E-state index in [1.54, 1.807) is 6.07 Å². The summed E-state index contributed by atoms with van der Waals surface area (Å²) in [5.74, 6) is 0.653. The average molecular weight is 223 g/mol. The number of benzene rings is 1. The first-order chi connectivity index (χ1) is 7.16. The molecule has 0 saturated heterocycles. The molecular formula is C10H11ClN4. The van der Waals surface area contributed by atoms with E-state index < -0.39 is 0 Å². The molecule has 1 atom stereocenters. The Hall–Kier alpha value is -1.26. The minimum absolute atomic E-state index is 0.0310. The number of fused-ring (bicyclic) bond motifs is 1. The van der Waals surface area contributed by atoms with E-state index in [4.69, 9.17) is 17.3 Å². The molecule has 0 aliphatic rings. The molecular weight excluding hydrogens is 212 g/mol. The van der Waals surface area contributed by atoms with Crippen molar-refractivity contribution in [3.8, 4) is 0 Å². The third-order valence-corrected chi connectivity index (χ3v) is 2.29. The second-order valence-corrected chi connectivity index (χ2v) is 3.92. The number of nitrogens with zero attached hydrogens (tertiary/aromatic N) is 3. The summed E-state index contributed by atoms with van der Waals surface area (Å²) in [5.41, 5.74) is 7.05. The van der Waals surface area contributed by atoms with Gasteiger partial charge in [0.2, 0.25) is 0 Å². The zero-order valence-electron chi connectivity index (χ0n) is 8.31. The predicted octanol–water partition coefficient (Wildman–Crippen LogP) is 1.57. The maximum absolute atomic E-state index is 5.95. The smallest absolute Gasteiger partial charge is 0.153 e. The van der Waals surface area contributed by atoms with Crippen LogP contribution < -0.4 is 5.73 Å². The Morgan fingerprint density at radius 3 is 2.93 bits per heavy atom. The van der Waals surface area contributed by atoms with Gasteiger partial charge >= 0.3 is 0 Å². The normalized spacial score (nSPS) is 13.0. The second-order valence-electron chi connectivity index (χ2n) is 3.52. The summed E-state index contributed by atoms with van der Waals surface area (Å²) in [6.45, 7) is 1.91. The van der Waals surface area contributed by atoms with Gasteiger partial charge in [0, 0.05) is 12.5 Å². The lowest BCUT2D eigenvalue weighted by Crippen LogP contribution is -2.19. The van der Waals surface area contributed by atoms with E-state index in [9.17, 15) is 0 Å². The molecule has 1 heterocycles. The number of nitrogens with two attached hydrogens (primary N) is 1. The van der Waals surface area contributed by atoms with Crippen LogP contribution in [0.1, 0.15) is 12.7 Å². The third-order valence-electron chi connectivity index (χ3n) is 1.98. The van der Waals surface area contributed by atoms with Crippen molar-refractivity contribution in [1.29, 1.82) is 0 Å². The summed E-state index contributed by atoms with van der Waals surface area (Å²) in [7, 11) is 0. The van der Waals surface area contributed by atoms with E-state index in [-0.39, 0.29) is 6.04 Å². The van der Waals surface area contributed by atoms with Gasteiger partial charge in [-0.05, 0) is 19.1 Å². The Labute approximate surface area is 92.5 Å². The molecule has 1 unspecified atom stereocenters. The van der Waals surface area contributed by atoms with Crippen LogP contribution in [-0.4, -0.2) is 21.2 Å². The number of aromatic nitrogens is 3. The molecule has 2 rings (SSSR count). The van der Waals surface area contributed by atoms with E-state index in [0.717, 1.165) is 5.52 Å². The Kier molecular flexibility index (Phi) is 2.79. The Morgan fingerprint density at radius 2 is 2.20 bits per heavy atom. The molecule has 0 spiro atoms. The number of hydrogen-bond donors (Lipinski definition) is 1. The van der Waals surface area contributed by atoms with Crippen LogP contribution in [0.25, 0.3) is 11.0 Å². The van der Waals surface area contributed by atoms with Gasteiger partial charge in [0.1, 0.15) is 5.52 Å². The fraction of sp³-hybridized carbons (Fsp3) is 0.300. The monoisotopic (exact) mass is 222 g/mol. The van der Waals surface area contributed by atoms with E-state index >= 15 is 0 Å². The maximum atomic E-state index is 5.95. The maximum Gasteiger partial charge on any atom is 0.153 e.